The summed E-state index contributed by atoms with van der Waals surface area (Å²) in [5.74, 6) is 0.798. The van der Waals surface area contributed by atoms with Crippen molar-refractivity contribution in [2.45, 2.75) is 19.8 Å². The molecule has 19 heavy (non-hydrogen) atoms. The van der Waals surface area contributed by atoms with Gasteiger partial charge in [-0.2, -0.15) is 0 Å². The molecule has 8 heteroatoms. The second-order valence-corrected chi connectivity index (χ2v) is 4.88. The number of methoxy groups -OCH3 is 1. The van der Waals surface area contributed by atoms with E-state index in [9.17, 15) is 4.79 Å². The van der Waals surface area contributed by atoms with Crippen molar-refractivity contribution >= 4 is 21.9 Å². The molecule has 0 atom stereocenters. The number of hydrogen-bond acceptors (Lipinski definition) is 6. The minimum absolute atomic E-state index is 0.0108. The van der Waals surface area contributed by atoms with E-state index in [4.69, 9.17) is 0 Å². The van der Waals surface area contributed by atoms with Gasteiger partial charge in [-0.05, 0) is 15.9 Å². The third-order valence-corrected chi connectivity index (χ3v) is 2.72. The summed E-state index contributed by atoms with van der Waals surface area (Å²) in [4.78, 5) is 23.8. The largest absolute Gasteiger partial charge is 0.463 e. The molecular formula is C11H12BrN5O2. The lowest BCUT2D eigenvalue weighted by atomic mass is 10.2. The average molecular weight is 326 g/mol. The lowest BCUT2D eigenvalue weighted by Crippen LogP contribution is -2.07. The number of rotatable bonds is 3. The molecule has 0 saturated heterocycles. The van der Waals surface area contributed by atoms with Gasteiger partial charge in [0.05, 0.1) is 7.11 Å². The van der Waals surface area contributed by atoms with Gasteiger partial charge < -0.3 is 4.74 Å². The summed E-state index contributed by atoms with van der Waals surface area (Å²) in [6.07, 6.45) is 1.41. The van der Waals surface area contributed by atoms with E-state index in [0.717, 1.165) is 0 Å². The summed E-state index contributed by atoms with van der Waals surface area (Å²) < 4.78 is 6.61. The highest BCUT2D eigenvalue weighted by Gasteiger charge is 2.14. The number of ether oxygens (including phenoxy) is 1. The quantitative estimate of drug-likeness (QED) is 0.631. The molecule has 7 nitrogen and oxygen atoms in total. The normalized spacial score (nSPS) is 10.8. The van der Waals surface area contributed by atoms with Crippen molar-refractivity contribution in [2.24, 2.45) is 0 Å². The lowest BCUT2D eigenvalue weighted by molar-refractivity contribution is 0.0587. The van der Waals surface area contributed by atoms with Crippen molar-refractivity contribution in [1.29, 1.82) is 0 Å². The van der Waals surface area contributed by atoms with E-state index < -0.39 is 5.97 Å². The fraction of sp³-hybridized carbons (Fsp3) is 0.364. The van der Waals surface area contributed by atoms with Gasteiger partial charge in [-0.25, -0.2) is 24.4 Å². The molecule has 0 aromatic carbocycles. The maximum Gasteiger partial charge on any atom is 0.377 e. The monoisotopic (exact) mass is 325 g/mol. The van der Waals surface area contributed by atoms with Crippen molar-refractivity contribution < 1.29 is 9.53 Å². The van der Waals surface area contributed by atoms with Crippen LogP contribution in [-0.4, -0.2) is 37.8 Å². The highest BCUT2D eigenvalue weighted by Crippen LogP contribution is 2.16. The Morgan fingerprint density at radius 1 is 1.42 bits per heavy atom. The van der Waals surface area contributed by atoms with Gasteiger partial charge in [-0.1, -0.05) is 13.8 Å². The zero-order chi connectivity index (χ0) is 14.0. The van der Waals surface area contributed by atoms with Gasteiger partial charge in [0, 0.05) is 12.0 Å². The van der Waals surface area contributed by atoms with E-state index in [0.29, 0.717) is 16.2 Å². The van der Waals surface area contributed by atoms with E-state index in [1.54, 1.807) is 6.07 Å². The summed E-state index contributed by atoms with van der Waals surface area (Å²) >= 11 is 3.32. The van der Waals surface area contributed by atoms with Crippen LogP contribution in [0.15, 0.2) is 17.0 Å². The maximum absolute atomic E-state index is 11.3. The molecule has 0 aliphatic heterocycles. The van der Waals surface area contributed by atoms with Gasteiger partial charge in [0.25, 0.3) is 5.82 Å². The lowest BCUT2D eigenvalue weighted by Gasteiger charge is -2.06. The fourth-order valence-corrected chi connectivity index (χ4v) is 1.74. The molecule has 0 saturated carbocycles. The van der Waals surface area contributed by atoms with Gasteiger partial charge in [0.1, 0.15) is 16.8 Å². The zero-order valence-electron chi connectivity index (χ0n) is 10.7. The molecular weight excluding hydrogens is 314 g/mol. The molecule has 0 radical (unpaired) electrons. The molecule has 2 aromatic heterocycles. The molecule has 0 aliphatic carbocycles. The molecule has 0 bridgehead atoms. The Balaban J connectivity index is 2.41. The van der Waals surface area contributed by atoms with Gasteiger partial charge in [-0.15, -0.1) is 5.10 Å². The van der Waals surface area contributed by atoms with Crippen LogP contribution in [0.3, 0.4) is 0 Å². The number of carbonyl (C=O) groups excluding carboxylic acids is 1. The van der Waals surface area contributed by atoms with Crippen LogP contribution in [0, 0.1) is 0 Å². The Labute approximate surface area is 118 Å². The van der Waals surface area contributed by atoms with E-state index in [1.807, 2.05) is 13.8 Å². The number of halogens is 1. The highest BCUT2D eigenvalue weighted by molar-refractivity contribution is 9.10. The topological polar surface area (TPSA) is 82.8 Å². The van der Waals surface area contributed by atoms with Crippen molar-refractivity contribution in [1.82, 2.24) is 24.7 Å². The average Bonchev–Trinajstić information content (AvgIpc) is 2.86. The standard InChI is InChI=1S/C11H12BrN5O2/c1-6(2)9-14-7(12)4-8(15-9)17-5-13-10(16-17)11(18)19-3/h4-6H,1-3H3. The Bertz CT molecular complexity index is 611. The predicted octanol–water partition coefficient (Wildman–Crippen LogP) is 1.73. The van der Waals surface area contributed by atoms with Gasteiger partial charge in [0.15, 0.2) is 5.82 Å². The van der Waals surface area contributed by atoms with Crippen molar-refractivity contribution in [3.8, 4) is 5.82 Å². The molecule has 0 N–H and O–H groups in total. The zero-order valence-corrected chi connectivity index (χ0v) is 12.2. The number of carbonyl (C=O) groups is 1. The molecule has 2 heterocycles. The van der Waals surface area contributed by atoms with Crippen LogP contribution in [-0.2, 0) is 4.74 Å². The molecule has 0 fully saturated rings. The molecule has 2 aromatic rings. The SMILES string of the molecule is COC(=O)c1ncn(-c2cc(Br)nc(C(C)C)n2)n1. The van der Waals surface area contributed by atoms with E-state index in [2.05, 4.69) is 40.7 Å². The van der Waals surface area contributed by atoms with Crippen molar-refractivity contribution in [3.05, 3.63) is 28.6 Å². The van der Waals surface area contributed by atoms with Gasteiger partial charge in [0.2, 0.25) is 0 Å². The first-order chi connectivity index (χ1) is 9.01. The predicted molar refractivity (Wildman–Crippen MR) is 70.1 cm³/mol. The van der Waals surface area contributed by atoms with Crippen molar-refractivity contribution in [2.75, 3.05) is 7.11 Å². The fourth-order valence-electron chi connectivity index (χ4n) is 1.36. The van der Waals surface area contributed by atoms with E-state index in [1.165, 1.54) is 18.1 Å². The molecule has 0 spiro atoms. The number of nitrogens with zero attached hydrogens (tertiary/aromatic N) is 5. The van der Waals surface area contributed by atoms with Gasteiger partial charge >= 0.3 is 5.97 Å². The van der Waals surface area contributed by atoms with Gasteiger partial charge in [-0.3, -0.25) is 0 Å². The molecule has 0 aliphatic rings. The first-order valence-electron chi connectivity index (χ1n) is 5.56. The number of hydrogen-bond donors (Lipinski definition) is 0. The molecule has 0 unspecified atom stereocenters. The molecule has 2 rings (SSSR count). The molecule has 100 valence electrons. The van der Waals surface area contributed by atoms with E-state index >= 15 is 0 Å². The van der Waals surface area contributed by atoms with Crippen LogP contribution in [0.1, 0.15) is 36.2 Å². The molecule has 0 amide bonds. The van der Waals surface area contributed by atoms with Crippen LogP contribution >= 0.6 is 15.9 Å². The third-order valence-electron chi connectivity index (χ3n) is 2.31. The first-order valence-corrected chi connectivity index (χ1v) is 6.35. The maximum atomic E-state index is 11.3. The summed E-state index contributed by atoms with van der Waals surface area (Å²) in [5, 5.41) is 4.01. The smallest absolute Gasteiger partial charge is 0.377 e. The third kappa shape index (κ3) is 2.95. The Morgan fingerprint density at radius 2 is 2.16 bits per heavy atom. The van der Waals surface area contributed by atoms with Crippen LogP contribution in [0.4, 0.5) is 0 Å². The summed E-state index contributed by atoms with van der Waals surface area (Å²) in [6.45, 7) is 3.99. The first kappa shape index (κ1) is 13.6. The highest BCUT2D eigenvalue weighted by atomic mass is 79.9. The minimum Gasteiger partial charge on any atom is -0.463 e. The second kappa shape index (κ2) is 5.43. The Kier molecular flexibility index (Phi) is 3.89. The summed E-state index contributed by atoms with van der Waals surface area (Å²) in [5.41, 5.74) is 0. The van der Waals surface area contributed by atoms with Crippen molar-refractivity contribution in [3.63, 3.8) is 0 Å². The van der Waals surface area contributed by atoms with Crippen LogP contribution < -0.4 is 0 Å². The number of aromatic nitrogens is 5. The minimum atomic E-state index is -0.587. The summed E-state index contributed by atoms with van der Waals surface area (Å²) in [7, 11) is 1.28. The number of esters is 1. The Morgan fingerprint density at radius 3 is 2.79 bits per heavy atom. The summed E-state index contributed by atoms with van der Waals surface area (Å²) in [6, 6.07) is 1.70. The van der Waals surface area contributed by atoms with Crippen LogP contribution in [0.25, 0.3) is 5.82 Å². The Hall–Kier alpha value is -1.83. The van der Waals surface area contributed by atoms with E-state index in [-0.39, 0.29) is 11.7 Å². The second-order valence-electron chi connectivity index (χ2n) is 4.07. The van der Waals surface area contributed by atoms with Crippen LogP contribution in [0.2, 0.25) is 0 Å². The van der Waals surface area contributed by atoms with Crippen LogP contribution in [0.5, 0.6) is 0 Å².